The molecule has 0 spiro atoms. The first kappa shape index (κ1) is 21.2. The van der Waals surface area contributed by atoms with Crippen LogP contribution in [0.5, 0.6) is 0 Å². The van der Waals surface area contributed by atoms with E-state index >= 15 is 0 Å². The van der Waals surface area contributed by atoms with Crippen molar-refractivity contribution in [2.75, 3.05) is 6.54 Å². The van der Waals surface area contributed by atoms with Gasteiger partial charge in [0.25, 0.3) is 0 Å². The maximum absolute atomic E-state index is 12.8. The number of fused-ring (bicyclic) bond motifs is 3. The third kappa shape index (κ3) is 5.31. The zero-order valence-electron chi connectivity index (χ0n) is 16.8. The van der Waals surface area contributed by atoms with Gasteiger partial charge >= 0.3 is 0 Å². The van der Waals surface area contributed by atoms with E-state index in [4.69, 9.17) is 5.73 Å². The molecule has 1 aliphatic rings. The van der Waals surface area contributed by atoms with Crippen molar-refractivity contribution < 1.29 is 9.18 Å². The molecule has 0 saturated heterocycles. The van der Waals surface area contributed by atoms with Gasteiger partial charge in [0, 0.05) is 34.4 Å². The Labute approximate surface area is 174 Å². The summed E-state index contributed by atoms with van der Waals surface area (Å²) in [4.78, 5) is 13.1. The topological polar surface area (TPSA) is 72.9 Å². The number of nitrogens with one attached hydrogen (secondary N) is 1. The molecule has 5 nitrogen and oxygen atoms in total. The van der Waals surface area contributed by atoms with Crippen LogP contribution < -0.4 is 11.1 Å². The Morgan fingerprint density at radius 2 is 2.21 bits per heavy atom. The first-order valence-electron chi connectivity index (χ1n) is 9.78. The first-order chi connectivity index (χ1) is 14.0. The molecule has 4 rings (SSSR count). The lowest BCUT2D eigenvalue weighted by Crippen LogP contribution is -2.36. The molecule has 0 aliphatic carbocycles. The van der Waals surface area contributed by atoms with Crippen molar-refractivity contribution in [2.24, 2.45) is 5.73 Å². The number of hydrogen-bond acceptors (Lipinski definition) is 4. The summed E-state index contributed by atoms with van der Waals surface area (Å²) in [5, 5.41) is 7.02. The molecule has 2 aromatic heterocycles. The summed E-state index contributed by atoms with van der Waals surface area (Å²) in [6.07, 6.45) is 5.55. The fraction of sp³-hybridized carbons (Fsp3) is 0.364. The Morgan fingerprint density at radius 1 is 1.38 bits per heavy atom. The number of nitrogens with zero attached hydrogens (tertiary/aromatic N) is 2. The molecule has 0 fully saturated rings. The van der Waals surface area contributed by atoms with E-state index in [0.717, 1.165) is 12.1 Å². The van der Waals surface area contributed by atoms with Crippen LogP contribution >= 0.6 is 11.3 Å². The Kier molecular flexibility index (Phi) is 7.17. The number of halogens is 1. The number of nitrogens with two attached hydrogens (primary N) is 1. The molecule has 1 unspecified atom stereocenters. The fourth-order valence-corrected chi connectivity index (χ4v) is 4.67. The summed E-state index contributed by atoms with van der Waals surface area (Å²) in [5.41, 5.74) is 10.3. The molecule has 29 heavy (non-hydrogen) atoms. The second kappa shape index (κ2) is 9.80. The third-order valence-corrected chi connectivity index (χ3v) is 6.05. The minimum Gasteiger partial charge on any atom is -0.354 e. The highest BCUT2D eigenvalue weighted by atomic mass is 32.1. The molecule has 1 aliphatic heterocycles. The van der Waals surface area contributed by atoms with Crippen LogP contribution in [0.15, 0.2) is 36.5 Å². The second-order valence-corrected chi connectivity index (χ2v) is 8.59. The van der Waals surface area contributed by atoms with Crippen LogP contribution in [0.2, 0.25) is 0 Å². The highest BCUT2D eigenvalue weighted by molar-refractivity contribution is 7.12. The smallest absolute Gasteiger partial charge is 0.207 e. The van der Waals surface area contributed by atoms with Gasteiger partial charge in [-0.15, -0.1) is 11.3 Å². The normalized spacial score (nSPS) is 13.4. The summed E-state index contributed by atoms with van der Waals surface area (Å²) >= 11 is 1.94. The van der Waals surface area contributed by atoms with Gasteiger partial charge in [-0.05, 0) is 62.4 Å². The molecular weight excluding hydrogens is 387 g/mol. The van der Waals surface area contributed by atoms with Crippen molar-refractivity contribution in [1.29, 1.82) is 0 Å². The Balaban J connectivity index is 0.000000166. The predicted octanol–water partition coefficient (Wildman–Crippen LogP) is 3.62. The standard InChI is InChI=1S/C12H14N2S.C10H13FN2O/c1-8-7-13-14-5-3-4-11-10(12(8)14)6-9(2)15-11;11-9-3-1-2-8(4-9)5-10(6-12)13-7-14/h6-7H,3-5H2,1-2H3;1-4,7,10H,5-6,12H2,(H,13,14). The number of carbonyl (C=O) groups excluding carboxylic acids is 1. The van der Waals surface area contributed by atoms with Gasteiger partial charge in [0.05, 0.1) is 11.9 Å². The quantitative estimate of drug-likeness (QED) is 0.627. The second-order valence-electron chi connectivity index (χ2n) is 7.25. The number of amides is 1. The average Bonchev–Trinajstić information content (AvgIpc) is 3.19. The SMILES string of the molecule is Cc1cc2c(s1)CCCn1ncc(C)c1-2.NCC(Cc1cccc(F)c1)NC=O. The summed E-state index contributed by atoms with van der Waals surface area (Å²) in [7, 11) is 0. The molecule has 154 valence electrons. The molecule has 3 heterocycles. The molecule has 7 heteroatoms. The van der Waals surface area contributed by atoms with Gasteiger partial charge in [-0.1, -0.05) is 12.1 Å². The van der Waals surface area contributed by atoms with Crippen molar-refractivity contribution in [2.45, 2.75) is 45.7 Å². The third-order valence-electron chi connectivity index (χ3n) is 4.94. The van der Waals surface area contributed by atoms with Crippen molar-refractivity contribution in [3.8, 4) is 11.3 Å². The molecule has 3 N–H and O–H groups in total. The number of hydrogen-bond donors (Lipinski definition) is 2. The van der Waals surface area contributed by atoms with E-state index in [-0.39, 0.29) is 11.9 Å². The fourth-order valence-electron chi connectivity index (χ4n) is 3.59. The van der Waals surface area contributed by atoms with E-state index < -0.39 is 0 Å². The maximum Gasteiger partial charge on any atom is 0.207 e. The number of rotatable bonds is 5. The monoisotopic (exact) mass is 414 g/mol. The summed E-state index contributed by atoms with van der Waals surface area (Å²) in [6, 6.07) is 8.45. The maximum atomic E-state index is 12.8. The predicted molar refractivity (Wildman–Crippen MR) is 115 cm³/mol. The Bertz CT molecular complexity index is 966. The molecule has 1 aromatic carbocycles. The van der Waals surface area contributed by atoms with Gasteiger partial charge in [-0.25, -0.2) is 4.39 Å². The van der Waals surface area contributed by atoms with E-state index in [2.05, 4.69) is 35.0 Å². The van der Waals surface area contributed by atoms with Crippen LogP contribution in [0.1, 0.15) is 27.3 Å². The molecule has 0 radical (unpaired) electrons. The van der Waals surface area contributed by atoms with Gasteiger partial charge < -0.3 is 11.1 Å². The summed E-state index contributed by atoms with van der Waals surface area (Å²) in [5.74, 6) is -0.274. The average molecular weight is 415 g/mol. The minimum atomic E-state index is -0.274. The van der Waals surface area contributed by atoms with E-state index in [1.807, 2.05) is 17.5 Å². The molecule has 0 bridgehead atoms. The van der Waals surface area contributed by atoms with Crippen molar-refractivity contribution in [1.82, 2.24) is 15.1 Å². The molecular formula is C22H27FN4OS. The first-order valence-corrected chi connectivity index (χ1v) is 10.6. The Hall–Kier alpha value is -2.51. The van der Waals surface area contributed by atoms with Crippen LogP contribution in [-0.2, 0) is 24.2 Å². The van der Waals surface area contributed by atoms with E-state index in [1.165, 1.54) is 51.5 Å². The summed E-state index contributed by atoms with van der Waals surface area (Å²) in [6.45, 7) is 5.75. The summed E-state index contributed by atoms with van der Waals surface area (Å²) < 4.78 is 14.9. The van der Waals surface area contributed by atoms with Crippen molar-refractivity contribution >= 4 is 17.7 Å². The highest BCUT2D eigenvalue weighted by Gasteiger charge is 2.19. The number of carbonyl (C=O) groups is 1. The zero-order valence-corrected chi connectivity index (χ0v) is 17.6. The van der Waals surface area contributed by atoms with Crippen LogP contribution in [0, 0.1) is 19.7 Å². The van der Waals surface area contributed by atoms with Crippen LogP contribution in [0.3, 0.4) is 0 Å². The molecule has 3 aromatic rings. The number of thiophene rings is 1. The van der Waals surface area contributed by atoms with E-state index in [1.54, 1.807) is 12.1 Å². The van der Waals surface area contributed by atoms with Crippen LogP contribution in [0.4, 0.5) is 4.39 Å². The number of aromatic nitrogens is 2. The molecule has 1 amide bonds. The molecule has 0 saturated carbocycles. The van der Waals surface area contributed by atoms with Gasteiger partial charge in [0.2, 0.25) is 6.41 Å². The minimum absolute atomic E-state index is 0.130. The van der Waals surface area contributed by atoms with Gasteiger partial charge in [0.15, 0.2) is 0 Å². The molecule has 1 atom stereocenters. The lowest BCUT2D eigenvalue weighted by atomic mass is 10.1. The van der Waals surface area contributed by atoms with E-state index in [9.17, 15) is 9.18 Å². The van der Waals surface area contributed by atoms with Gasteiger partial charge in [-0.3, -0.25) is 9.48 Å². The van der Waals surface area contributed by atoms with Crippen LogP contribution in [-0.4, -0.2) is 28.8 Å². The zero-order chi connectivity index (χ0) is 20.8. The van der Waals surface area contributed by atoms with Gasteiger partial charge in [0.1, 0.15) is 5.82 Å². The van der Waals surface area contributed by atoms with Gasteiger partial charge in [-0.2, -0.15) is 5.10 Å². The highest BCUT2D eigenvalue weighted by Crippen LogP contribution is 2.36. The number of aryl methyl sites for hydroxylation is 4. The van der Waals surface area contributed by atoms with Crippen molar-refractivity contribution in [3.05, 3.63) is 63.2 Å². The van der Waals surface area contributed by atoms with E-state index in [0.29, 0.717) is 19.4 Å². The van der Waals surface area contributed by atoms with Crippen LogP contribution in [0.25, 0.3) is 11.3 Å². The lowest BCUT2D eigenvalue weighted by molar-refractivity contribution is -0.110. The van der Waals surface area contributed by atoms with Crippen molar-refractivity contribution in [3.63, 3.8) is 0 Å². The largest absolute Gasteiger partial charge is 0.354 e. The Morgan fingerprint density at radius 3 is 2.93 bits per heavy atom. The number of benzene rings is 1. The lowest BCUT2D eigenvalue weighted by Gasteiger charge is -2.13.